The van der Waals surface area contributed by atoms with E-state index in [1.54, 1.807) is 0 Å². The van der Waals surface area contributed by atoms with Crippen LogP contribution in [0, 0.1) is 0 Å². The Hall–Kier alpha value is -2.74. The molecule has 7 heteroatoms. The van der Waals surface area contributed by atoms with Crippen LogP contribution < -0.4 is 5.32 Å². The number of morpholine rings is 1. The number of sulfonamides is 1. The number of aryl methyl sites for hydroxylation is 1. The zero-order valence-corrected chi connectivity index (χ0v) is 18.8. The lowest BCUT2D eigenvalue weighted by Gasteiger charge is -2.26. The summed E-state index contributed by atoms with van der Waals surface area (Å²) in [6.45, 7) is 1.93. The molecule has 168 valence electrons. The minimum Gasteiger partial charge on any atom is -0.379 e. The van der Waals surface area contributed by atoms with Crippen molar-refractivity contribution in [2.45, 2.75) is 25.1 Å². The molecular formula is C25H28N2O4S. The molecular weight excluding hydrogens is 424 g/mol. The first-order valence-corrected chi connectivity index (χ1v) is 12.5. The molecule has 4 rings (SSSR count). The van der Waals surface area contributed by atoms with Crippen molar-refractivity contribution in [3.63, 3.8) is 0 Å². The average Bonchev–Trinajstić information content (AvgIpc) is 2.82. The van der Waals surface area contributed by atoms with Crippen molar-refractivity contribution in [1.29, 1.82) is 0 Å². The van der Waals surface area contributed by atoms with Gasteiger partial charge in [0.25, 0.3) is 0 Å². The van der Waals surface area contributed by atoms with Crippen LogP contribution >= 0.6 is 0 Å². The van der Waals surface area contributed by atoms with Crippen molar-refractivity contribution in [2.24, 2.45) is 0 Å². The summed E-state index contributed by atoms with van der Waals surface area (Å²) in [4.78, 5) is 12.4. The van der Waals surface area contributed by atoms with E-state index >= 15 is 0 Å². The molecule has 32 heavy (non-hydrogen) atoms. The lowest BCUT2D eigenvalue weighted by molar-refractivity contribution is -0.121. The number of fused-ring (bicyclic) bond motifs is 1. The summed E-state index contributed by atoms with van der Waals surface area (Å²) in [6, 6.07) is 21.8. The Morgan fingerprint density at radius 1 is 0.906 bits per heavy atom. The van der Waals surface area contributed by atoms with Gasteiger partial charge in [0.05, 0.1) is 19.0 Å². The fourth-order valence-electron chi connectivity index (χ4n) is 3.92. The first-order chi connectivity index (χ1) is 15.5. The highest BCUT2D eigenvalue weighted by molar-refractivity contribution is 7.88. The van der Waals surface area contributed by atoms with Crippen molar-refractivity contribution >= 4 is 26.7 Å². The van der Waals surface area contributed by atoms with Gasteiger partial charge in [0, 0.05) is 26.1 Å². The molecule has 1 fully saturated rings. The molecule has 1 aliphatic heterocycles. The predicted octanol–water partition coefficient (Wildman–Crippen LogP) is 3.25. The molecule has 0 spiro atoms. The van der Waals surface area contributed by atoms with Gasteiger partial charge in [0.2, 0.25) is 15.9 Å². The van der Waals surface area contributed by atoms with Gasteiger partial charge in [-0.3, -0.25) is 4.79 Å². The minimum absolute atomic E-state index is 0.0519. The van der Waals surface area contributed by atoms with Gasteiger partial charge in [-0.05, 0) is 33.9 Å². The van der Waals surface area contributed by atoms with Crippen LogP contribution in [0.5, 0.6) is 0 Å². The molecule has 1 amide bonds. The van der Waals surface area contributed by atoms with Crippen LogP contribution in [0.2, 0.25) is 0 Å². The average molecular weight is 453 g/mol. The van der Waals surface area contributed by atoms with Crippen LogP contribution in [0.3, 0.4) is 0 Å². The fourth-order valence-corrected chi connectivity index (χ4v) is 5.48. The molecule has 0 radical (unpaired) electrons. The second kappa shape index (κ2) is 10.3. The molecule has 0 unspecified atom stereocenters. The Bertz CT molecular complexity index is 1190. The van der Waals surface area contributed by atoms with E-state index in [1.165, 1.54) is 15.1 Å². The summed E-state index contributed by atoms with van der Waals surface area (Å²) in [6.07, 6.45) is 1.04. The maximum atomic E-state index is 12.8. The van der Waals surface area contributed by atoms with E-state index in [0.29, 0.717) is 51.3 Å². The quantitative estimate of drug-likeness (QED) is 0.569. The van der Waals surface area contributed by atoms with Gasteiger partial charge in [-0.15, -0.1) is 0 Å². The summed E-state index contributed by atoms with van der Waals surface area (Å²) < 4.78 is 32.3. The van der Waals surface area contributed by atoms with Crippen LogP contribution in [0.25, 0.3) is 10.8 Å². The van der Waals surface area contributed by atoms with E-state index in [4.69, 9.17) is 4.74 Å². The molecule has 0 saturated carbocycles. The first-order valence-electron chi connectivity index (χ1n) is 10.9. The molecule has 1 aliphatic rings. The van der Waals surface area contributed by atoms with Crippen LogP contribution in [-0.2, 0) is 38.3 Å². The highest BCUT2D eigenvalue weighted by Crippen LogP contribution is 2.18. The van der Waals surface area contributed by atoms with E-state index in [-0.39, 0.29) is 11.7 Å². The van der Waals surface area contributed by atoms with Gasteiger partial charge < -0.3 is 10.1 Å². The number of nitrogens with zero attached hydrogens (tertiary/aromatic N) is 1. The third-order valence-corrected chi connectivity index (χ3v) is 7.58. The Morgan fingerprint density at radius 3 is 2.38 bits per heavy atom. The van der Waals surface area contributed by atoms with E-state index in [9.17, 15) is 13.2 Å². The minimum atomic E-state index is -3.42. The van der Waals surface area contributed by atoms with Gasteiger partial charge >= 0.3 is 0 Å². The highest BCUT2D eigenvalue weighted by Gasteiger charge is 2.25. The number of hydrogen-bond donors (Lipinski definition) is 1. The smallest absolute Gasteiger partial charge is 0.220 e. The molecule has 0 atom stereocenters. The van der Waals surface area contributed by atoms with Crippen molar-refractivity contribution in [2.75, 3.05) is 26.3 Å². The Balaban J connectivity index is 1.33. The number of nitrogens with one attached hydrogen (secondary N) is 1. The van der Waals surface area contributed by atoms with Gasteiger partial charge in [-0.2, -0.15) is 4.31 Å². The number of ether oxygens (including phenoxy) is 1. The first kappa shape index (κ1) is 22.5. The van der Waals surface area contributed by atoms with E-state index in [0.717, 1.165) is 11.1 Å². The molecule has 3 aromatic carbocycles. The van der Waals surface area contributed by atoms with Gasteiger partial charge in [0.1, 0.15) is 0 Å². The van der Waals surface area contributed by atoms with Gasteiger partial charge in [0.15, 0.2) is 0 Å². The van der Waals surface area contributed by atoms with Gasteiger partial charge in [-0.1, -0.05) is 66.7 Å². The second-order valence-corrected chi connectivity index (χ2v) is 9.96. The maximum Gasteiger partial charge on any atom is 0.220 e. The number of carbonyl (C=O) groups is 1. The lowest BCUT2D eigenvalue weighted by Crippen LogP contribution is -2.41. The van der Waals surface area contributed by atoms with E-state index in [1.807, 2.05) is 36.4 Å². The van der Waals surface area contributed by atoms with Crippen molar-refractivity contribution in [3.8, 4) is 0 Å². The number of amides is 1. The summed E-state index contributed by atoms with van der Waals surface area (Å²) in [7, 11) is -3.42. The number of carbonyl (C=O) groups excluding carboxylic acids is 1. The largest absolute Gasteiger partial charge is 0.379 e. The van der Waals surface area contributed by atoms with Crippen molar-refractivity contribution in [1.82, 2.24) is 9.62 Å². The van der Waals surface area contributed by atoms with Crippen LogP contribution in [-0.4, -0.2) is 44.9 Å². The number of hydrogen-bond acceptors (Lipinski definition) is 4. The second-order valence-electron chi connectivity index (χ2n) is 7.99. The molecule has 3 aromatic rings. The van der Waals surface area contributed by atoms with Crippen LogP contribution in [0.15, 0.2) is 66.7 Å². The standard InChI is InChI=1S/C25H28N2O4S/c28-25(12-10-20-9-11-21-5-1-2-6-22(21)17-20)26-18-23-7-3-4-8-24(23)19-32(29,30)27-13-15-31-16-14-27/h1-9,11,17H,10,12-16,18-19H2,(H,26,28). The number of benzene rings is 3. The predicted molar refractivity (Wildman–Crippen MR) is 126 cm³/mol. The Labute approximate surface area is 189 Å². The monoisotopic (exact) mass is 452 g/mol. The molecule has 0 aliphatic carbocycles. The zero-order valence-electron chi connectivity index (χ0n) is 18.0. The number of rotatable bonds is 8. The summed E-state index contributed by atoms with van der Waals surface area (Å²) in [5, 5.41) is 5.30. The Kier molecular flexibility index (Phi) is 7.19. The van der Waals surface area contributed by atoms with Crippen LogP contribution in [0.1, 0.15) is 23.1 Å². The highest BCUT2D eigenvalue weighted by atomic mass is 32.2. The Morgan fingerprint density at radius 2 is 1.59 bits per heavy atom. The van der Waals surface area contributed by atoms with E-state index in [2.05, 4.69) is 35.6 Å². The van der Waals surface area contributed by atoms with Crippen LogP contribution in [0.4, 0.5) is 0 Å². The molecule has 1 heterocycles. The normalized spacial score (nSPS) is 15.0. The third-order valence-electron chi connectivity index (χ3n) is 5.75. The molecule has 0 aromatic heterocycles. The van der Waals surface area contributed by atoms with E-state index < -0.39 is 10.0 Å². The molecule has 1 saturated heterocycles. The summed E-state index contributed by atoms with van der Waals surface area (Å²) in [5.74, 6) is -0.125. The molecule has 1 N–H and O–H groups in total. The summed E-state index contributed by atoms with van der Waals surface area (Å²) >= 11 is 0. The van der Waals surface area contributed by atoms with Crippen molar-refractivity contribution in [3.05, 3.63) is 83.4 Å². The molecule has 0 bridgehead atoms. The maximum absolute atomic E-state index is 12.8. The fraction of sp³-hybridized carbons (Fsp3) is 0.320. The van der Waals surface area contributed by atoms with Gasteiger partial charge in [-0.25, -0.2) is 8.42 Å². The van der Waals surface area contributed by atoms with Crippen molar-refractivity contribution < 1.29 is 17.9 Å². The third kappa shape index (κ3) is 5.73. The summed E-state index contributed by atoms with van der Waals surface area (Å²) in [5.41, 5.74) is 2.66. The molecule has 6 nitrogen and oxygen atoms in total. The SMILES string of the molecule is O=C(CCc1ccc2ccccc2c1)NCc1ccccc1CS(=O)(=O)N1CCOCC1. The lowest BCUT2D eigenvalue weighted by atomic mass is 10.0. The zero-order chi connectivity index (χ0) is 22.4. The topological polar surface area (TPSA) is 75.7 Å².